The van der Waals surface area contributed by atoms with Crippen molar-refractivity contribution in [2.24, 2.45) is 0 Å². The van der Waals surface area contributed by atoms with Crippen LogP contribution in [-0.2, 0) is 27.3 Å². The predicted molar refractivity (Wildman–Crippen MR) is 129 cm³/mol. The van der Waals surface area contributed by atoms with Crippen molar-refractivity contribution in [2.45, 2.75) is 71.4 Å². The molecule has 1 aliphatic rings. The first-order valence-corrected chi connectivity index (χ1v) is 11.6. The highest BCUT2D eigenvalue weighted by Crippen LogP contribution is 2.38. The van der Waals surface area contributed by atoms with Gasteiger partial charge < -0.3 is 24.6 Å². The molecule has 0 saturated heterocycles. The van der Waals surface area contributed by atoms with E-state index in [0.29, 0.717) is 37.0 Å². The summed E-state index contributed by atoms with van der Waals surface area (Å²) in [5, 5.41) is 23.2. The maximum atomic E-state index is 10.7. The molecule has 1 aromatic carbocycles. The number of carbonyl (C=O) groups excluding carboxylic acids is 1. The monoisotopic (exact) mass is 459 g/mol. The molecule has 2 heterocycles. The van der Waals surface area contributed by atoms with E-state index in [9.17, 15) is 5.11 Å². The van der Waals surface area contributed by atoms with Crippen molar-refractivity contribution >= 4 is 12.3 Å². The average Bonchev–Trinajstić information content (AvgIpc) is 2.92. The Morgan fingerprint density at radius 3 is 2.64 bits per heavy atom. The summed E-state index contributed by atoms with van der Waals surface area (Å²) in [4.78, 5) is 8.95. The Hall–Kier alpha value is -2.87. The number of unbranched alkanes of at least 4 members (excludes halogenated alkanes) is 2. The van der Waals surface area contributed by atoms with E-state index in [1.807, 2.05) is 6.07 Å². The zero-order valence-electron chi connectivity index (χ0n) is 20.2. The van der Waals surface area contributed by atoms with Gasteiger partial charge in [0, 0.05) is 24.3 Å². The van der Waals surface area contributed by atoms with Crippen molar-refractivity contribution in [2.75, 3.05) is 26.1 Å². The van der Waals surface area contributed by atoms with Gasteiger partial charge in [-0.3, -0.25) is 4.79 Å². The average molecular weight is 460 g/mol. The first kappa shape index (κ1) is 26.4. The van der Waals surface area contributed by atoms with Crippen LogP contribution in [-0.4, -0.2) is 48.6 Å². The number of aromatic hydroxyl groups is 1. The van der Waals surface area contributed by atoms with Crippen molar-refractivity contribution < 1.29 is 24.1 Å². The van der Waals surface area contributed by atoms with Gasteiger partial charge >= 0.3 is 0 Å². The summed E-state index contributed by atoms with van der Waals surface area (Å²) in [5.41, 5.74) is 3.37. The second-order valence-corrected chi connectivity index (χ2v) is 8.02. The molecule has 1 aliphatic heterocycles. The number of aromatic nitrogens is 2. The number of carbonyl (C=O) groups is 1. The number of methoxy groups -OCH3 is 2. The second kappa shape index (κ2) is 14.3. The molecule has 0 fully saturated rings. The smallest absolute Gasteiger partial charge is 0.292 e. The van der Waals surface area contributed by atoms with Crippen LogP contribution in [0.4, 0.5) is 5.82 Å². The zero-order valence-corrected chi connectivity index (χ0v) is 20.2. The Morgan fingerprint density at radius 2 is 1.97 bits per heavy atom. The minimum Gasteiger partial charge on any atom is -0.507 e. The maximum absolute atomic E-state index is 10.7. The molecule has 33 heavy (non-hydrogen) atoms. The SMILES string of the molecule is CCCCCC(CC)Nc1cc2c(nn1)-c1c(O)cc(OC)cc1COCCC2.COC=O. The normalized spacial score (nSPS) is 13.6. The summed E-state index contributed by atoms with van der Waals surface area (Å²) in [7, 11) is 2.90. The number of ether oxygens (including phenoxy) is 3. The van der Waals surface area contributed by atoms with Crippen molar-refractivity contribution in [1.82, 2.24) is 10.2 Å². The van der Waals surface area contributed by atoms with Gasteiger partial charge in [-0.1, -0.05) is 33.1 Å². The highest BCUT2D eigenvalue weighted by atomic mass is 16.5. The molecule has 0 spiro atoms. The maximum Gasteiger partial charge on any atom is 0.292 e. The Kier molecular flexibility index (Phi) is 11.4. The van der Waals surface area contributed by atoms with Crippen LogP contribution in [0.3, 0.4) is 0 Å². The number of nitrogens with one attached hydrogen (secondary N) is 1. The van der Waals surface area contributed by atoms with E-state index in [1.54, 1.807) is 13.2 Å². The molecule has 1 aromatic heterocycles. The van der Waals surface area contributed by atoms with Gasteiger partial charge in [-0.15, -0.1) is 10.2 Å². The van der Waals surface area contributed by atoms with Gasteiger partial charge in [0.25, 0.3) is 6.47 Å². The van der Waals surface area contributed by atoms with Crippen molar-refractivity contribution in [3.63, 3.8) is 0 Å². The third-order valence-electron chi connectivity index (χ3n) is 5.61. The Balaban J connectivity index is 0.000000890. The minimum absolute atomic E-state index is 0.145. The predicted octanol–water partition coefficient (Wildman–Crippen LogP) is 4.88. The fourth-order valence-electron chi connectivity index (χ4n) is 3.84. The number of phenols is 1. The van der Waals surface area contributed by atoms with Crippen LogP contribution in [0.15, 0.2) is 18.2 Å². The molecule has 0 saturated carbocycles. The fraction of sp³-hybridized carbons (Fsp3) is 0.560. The van der Waals surface area contributed by atoms with Crippen LogP contribution >= 0.6 is 0 Å². The van der Waals surface area contributed by atoms with Crippen LogP contribution < -0.4 is 10.1 Å². The van der Waals surface area contributed by atoms with E-state index in [4.69, 9.17) is 14.3 Å². The Labute approximate surface area is 196 Å². The number of rotatable bonds is 9. The van der Waals surface area contributed by atoms with Gasteiger partial charge in [0.1, 0.15) is 23.0 Å². The lowest BCUT2D eigenvalue weighted by molar-refractivity contribution is -0.126. The molecule has 0 amide bonds. The molecule has 2 N–H and O–H groups in total. The molecule has 0 aliphatic carbocycles. The van der Waals surface area contributed by atoms with Crippen LogP contribution in [0.1, 0.15) is 63.5 Å². The molecule has 2 aromatic rings. The van der Waals surface area contributed by atoms with Crippen LogP contribution in [0.5, 0.6) is 11.5 Å². The van der Waals surface area contributed by atoms with E-state index >= 15 is 0 Å². The number of benzene rings is 1. The number of hydrogen-bond acceptors (Lipinski definition) is 8. The number of hydrogen-bond donors (Lipinski definition) is 2. The zero-order chi connectivity index (χ0) is 24.1. The summed E-state index contributed by atoms with van der Waals surface area (Å²) < 4.78 is 15.0. The van der Waals surface area contributed by atoms with Gasteiger partial charge in [-0.25, -0.2) is 0 Å². The third-order valence-corrected chi connectivity index (χ3v) is 5.61. The Morgan fingerprint density at radius 1 is 1.18 bits per heavy atom. The van der Waals surface area contributed by atoms with Gasteiger partial charge in [0.15, 0.2) is 0 Å². The second-order valence-electron chi connectivity index (χ2n) is 8.02. The first-order chi connectivity index (χ1) is 16.1. The lowest BCUT2D eigenvalue weighted by Crippen LogP contribution is -2.19. The number of aryl methyl sites for hydroxylation is 1. The molecule has 182 valence electrons. The minimum atomic E-state index is 0.145. The van der Waals surface area contributed by atoms with Gasteiger partial charge in [-0.05, 0) is 48.9 Å². The lowest BCUT2D eigenvalue weighted by atomic mass is 9.97. The molecule has 0 radical (unpaired) electrons. The van der Waals surface area contributed by atoms with Crippen molar-refractivity contribution in [1.29, 1.82) is 0 Å². The summed E-state index contributed by atoms with van der Waals surface area (Å²) >= 11 is 0. The molecular weight excluding hydrogens is 422 g/mol. The van der Waals surface area contributed by atoms with Crippen molar-refractivity contribution in [3.8, 4) is 22.8 Å². The fourth-order valence-corrected chi connectivity index (χ4v) is 3.84. The first-order valence-electron chi connectivity index (χ1n) is 11.6. The van der Waals surface area contributed by atoms with E-state index in [1.165, 1.54) is 26.4 Å². The number of nitrogens with zero attached hydrogens (tertiary/aromatic N) is 2. The molecular formula is C25H37N3O5. The molecule has 0 bridgehead atoms. The van der Waals surface area contributed by atoms with Crippen LogP contribution in [0.25, 0.3) is 11.3 Å². The van der Waals surface area contributed by atoms with E-state index in [-0.39, 0.29) is 5.75 Å². The highest BCUT2D eigenvalue weighted by molar-refractivity contribution is 5.75. The summed E-state index contributed by atoms with van der Waals surface area (Å²) in [6.07, 6.45) is 7.63. The number of anilines is 1. The van der Waals surface area contributed by atoms with Crippen LogP contribution in [0, 0.1) is 0 Å². The Bertz CT molecular complexity index is 875. The third kappa shape index (κ3) is 7.89. The summed E-state index contributed by atoms with van der Waals surface area (Å²) in [5.74, 6) is 1.56. The van der Waals surface area contributed by atoms with Gasteiger partial charge in [0.05, 0.1) is 20.8 Å². The molecule has 8 nitrogen and oxygen atoms in total. The lowest BCUT2D eigenvalue weighted by Gasteiger charge is -2.19. The molecule has 1 unspecified atom stereocenters. The van der Waals surface area contributed by atoms with Gasteiger partial charge in [0.2, 0.25) is 0 Å². The summed E-state index contributed by atoms with van der Waals surface area (Å²) in [6, 6.07) is 6.01. The number of fused-ring (bicyclic) bond motifs is 3. The number of phenolic OH excluding ortho intramolecular Hbond substituents is 1. The van der Waals surface area contributed by atoms with Gasteiger partial charge in [-0.2, -0.15) is 0 Å². The summed E-state index contributed by atoms with van der Waals surface area (Å²) in [6.45, 7) is 5.88. The van der Waals surface area contributed by atoms with Crippen LogP contribution in [0.2, 0.25) is 0 Å². The quantitative estimate of drug-likeness (QED) is 0.404. The highest BCUT2D eigenvalue weighted by Gasteiger charge is 2.21. The standard InChI is InChI=1S/C23H33N3O3.C2H4O2/c1-4-6-7-10-18(5-2)24-21-13-16-9-8-11-29-15-17-12-19(28-3)14-20(27)22(17)23(16)26-25-21;1-4-2-3/h12-14,18,27H,4-11,15H2,1-3H3,(H,24,25);2H,1H3. The van der Waals surface area contributed by atoms with E-state index < -0.39 is 0 Å². The van der Waals surface area contributed by atoms with Crippen molar-refractivity contribution in [3.05, 3.63) is 29.3 Å². The molecule has 8 heteroatoms. The molecule has 1 atom stereocenters. The van der Waals surface area contributed by atoms with E-state index in [0.717, 1.165) is 48.3 Å². The van der Waals surface area contributed by atoms with E-state index in [2.05, 4.69) is 40.2 Å². The molecule has 3 rings (SSSR count). The largest absolute Gasteiger partial charge is 0.507 e. The topological polar surface area (TPSA) is 103 Å².